The molecule has 0 bridgehead atoms. The maximum atomic E-state index is 11.5. The van der Waals surface area contributed by atoms with Gasteiger partial charge in [-0.1, -0.05) is 48.8 Å². The normalized spacial score (nSPS) is 11.3. The average molecular weight is 327 g/mol. The number of aromatic nitrogens is 2. The molecule has 2 aromatic heterocycles. The van der Waals surface area contributed by atoms with Crippen LogP contribution in [0.4, 0.5) is 0 Å². The van der Waals surface area contributed by atoms with E-state index in [1.54, 1.807) is 17.6 Å². The fourth-order valence-corrected chi connectivity index (χ4v) is 2.96. The number of unbranched alkanes of at least 4 members (excludes halogenated alkanes) is 1. The van der Waals surface area contributed by atoms with Gasteiger partial charge in [-0.05, 0) is 6.42 Å². The van der Waals surface area contributed by atoms with Crippen molar-refractivity contribution in [2.24, 2.45) is 5.16 Å². The zero-order valence-electron chi connectivity index (χ0n) is 12.8. The topological polar surface area (TPSA) is 56.0 Å². The summed E-state index contributed by atoms with van der Waals surface area (Å²) in [4.78, 5) is 22.0. The second kappa shape index (κ2) is 7.19. The van der Waals surface area contributed by atoms with Crippen molar-refractivity contribution >= 4 is 28.5 Å². The molecule has 0 aliphatic heterocycles. The van der Waals surface area contributed by atoms with Crippen molar-refractivity contribution in [2.45, 2.75) is 26.2 Å². The highest BCUT2D eigenvalue weighted by Gasteiger charge is 2.13. The molecule has 5 nitrogen and oxygen atoms in total. The van der Waals surface area contributed by atoms with Crippen LogP contribution < -0.4 is 0 Å². The monoisotopic (exact) mass is 327 g/mol. The van der Waals surface area contributed by atoms with Gasteiger partial charge in [-0.15, -0.1) is 11.3 Å². The molecule has 0 spiro atoms. The second-order valence-corrected chi connectivity index (χ2v) is 5.94. The summed E-state index contributed by atoms with van der Waals surface area (Å²) in [5.41, 5.74) is 2.63. The van der Waals surface area contributed by atoms with E-state index in [2.05, 4.69) is 10.1 Å². The van der Waals surface area contributed by atoms with E-state index < -0.39 is 0 Å². The third-order valence-electron chi connectivity index (χ3n) is 3.41. The van der Waals surface area contributed by atoms with E-state index in [0.29, 0.717) is 6.42 Å². The summed E-state index contributed by atoms with van der Waals surface area (Å²) >= 11 is 1.55. The molecule has 0 fully saturated rings. The molecule has 6 heteroatoms. The van der Waals surface area contributed by atoms with Crippen LogP contribution in [0.2, 0.25) is 0 Å². The van der Waals surface area contributed by atoms with Gasteiger partial charge in [0.2, 0.25) is 0 Å². The number of rotatable bonds is 6. The van der Waals surface area contributed by atoms with Crippen molar-refractivity contribution in [1.82, 2.24) is 9.38 Å². The molecule has 0 unspecified atom stereocenters. The number of imidazole rings is 1. The molecule has 2 heterocycles. The van der Waals surface area contributed by atoms with Crippen LogP contribution in [0.5, 0.6) is 0 Å². The van der Waals surface area contributed by atoms with Gasteiger partial charge in [0.05, 0.1) is 17.6 Å². The van der Waals surface area contributed by atoms with Gasteiger partial charge in [0.15, 0.2) is 4.96 Å². The van der Waals surface area contributed by atoms with Crippen LogP contribution in [0.15, 0.2) is 47.1 Å². The van der Waals surface area contributed by atoms with E-state index >= 15 is 0 Å². The molecule has 0 saturated heterocycles. The van der Waals surface area contributed by atoms with Crippen molar-refractivity contribution in [3.05, 3.63) is 47.6 Å². The molecule has 3 aromatic rings. The fraction of sp³-hybridized carbons (Fsp3) is 0.235. The van der Waals surface area contributed by atoms with Crippen LogP contribution in [0, 0.1) is 0 Å². The first-order valence-electron chi connectivity index (χ1n) is 7.53. The number of hydrogen-bond acceptors (Lipinski definition) is 5. The van der Waals surface area contributed by atoms with Crippen LogP contribution in [0.1, 0.15) is 31.9 Å². The minimum Gasteiger partial charge on any atom is -0.318 e. The molecule has 0 atom stereocenters. The Morgan fingerprint density at radius 2 is 2.22 bits per heavy atom. The largest absolute Gasteiger partial charge is 0.335 e. The van der Waals surface area contributed by atoms with Crippen molar-refractivity contribution < 1.29 is 9.63 Å². The lowest BCUT2D eigenvalue weighted by molar-refractivity contribution is -0.143. The first kappa shape index (κ1) is 15.4. The summed E-state index contributed by atoms with van der Waals surface area (Å²) in [6, 6.07) is 9.89. The molecule has 0 saturated carbocycles. The van der Waals surface area contributed by atoms with E-state index in [9.17, 15) is 4.79 Å². The van der Waals surface area contributed by atoms with E-state index in [1.807, 2.05) is 53.2 Å². The molecule has 1 aromatic carbocycles. The quantitative estimate of drug-likeness (QED) is 0.388. The summed E-state index contributed by atoms with van der Waals surface area (Å²) in [5, 5.41) is 5.81. The SMILES string of the molecule is CCCCC(=O)O/N=C\c1c(-c2ccccc2)nc2sccn12. The lowest BCUT2D eigenvalue weighted by atomic mass is 10.1. The minimum absolute atomic E-state index is 0.310. The number of benzene rings is 1. The van der Waals surface area contributed by atoms with Gasteiger partial charge < -0.3 is 4.84 Å². The maximum Gasteiger partial charge on any atom is 0.335 e. The van der Waals surface area contributed by atoms with Crippen LogP contribution >= 0.6 is 11.3 Å². The molecule has 0 aliphatic rings. The van der Waals surface area contributed by atoms with Crippen molar-refractivity contribution in [3.63, 3.8) is 0 Å². The lowest BCUT2D eigenvalue weighted by Gasteiger charge is -1.99. The van der Waals surface area contributed by atoms with Crippen LogP contribution in [-0.4, -0.2) is 21.6 Å². The molecule has 0 amide bonds. The summed E-state index contributed by atoms with van der Waals surface area (Å²) in [6.45, 7) is 2.03. The Bertz CT molecular complexity index is 821. The third-order valence-corrected chi connectivity index (χ3v) is 4.17. The number of oxime groups is 1. The maximum absolute atomic E-state index is 11.5. The summed E-state index contributed by atoms with van der Waals surface area (Å²) in [5.74, 6) is -0.310. The molecule has 23 heavy (non-hydrogen) atoms. The Morgan fingerprint density at radius 1 is 1.39 bits per heavy atom. The van der Waals surface area contributed by atoms with Gasteiger partial charge in [-0.2, -0.15) is 0 Å². The Kier molecular flexibility index (Phi) is 4.83. The number of carbonyl (C=O) groups excluding carboxylic acids is 1. The van der Waals surface area contributed by atoms with Gasteiger partial charge in [0.25, 0.3) is 0 Å². The summed E-state index contributed by atoms with van der Waals surface area (Å²) in [6.07, 6.45) is 5.64. The summed E-state index contributed by atoms with van der Waals surface area (Å²) in [7, 11) is 0. The van der Waals surface area contributed by atoms with Crippen molar-refractivity contribution in [3.8, 4) is 11.3 Å². The molecule has 3 rings (SSSR count). The Labute approximate surface area is 138 Å². The van der Waals surface area contributed by atoms with Gasteiger partial charge in [0.1, 0.15) is 0 Å². The van der Waals surface area contributed by atoms with Crippen LogP contribution in [0.3, 0.4) is 0 Å². The third kappa shape index (κ3) is 3.48. The first-order chi connectivity index (χ1) is 11.3. The average Bonchev–Trinajstić information content (AvgIpc) is 3.16. The van der Waals surface area contributed by atoms with Gasteiger partial charge in [-0.3, -0.25) is 4.40 Å². The molecule has 0 aliphatic carbocycles. The molecule has 118 valence electrons. The molecule has 0 N–H and O–H groups in total. The Hall–Kier alpha value is -2.47. The van der Waals surface area contributed by atoms with E-state index in [0.717, 1.165) is 34.8 Å². The highest BCUT2D eigenvalue weighted by atomic mass is 32.1. The highest BCUT2D eigenvalue weighted by Crippen LogP contribution is 2.25. The van der Waals surface area contributed by atoms with E-state index in [4.69, 9.17) is 4.84 Å². The molecular weight excluding hydrogens is 310 g/mol. The van der Waals surface area contributed by atoms with E-state index in [1.165, 1.54) is 0 Å². The summed E-state index contributed by atoms with van der Waals surface area (Å²) < 4.78 is 1.94. The lowest BCUT2D eigenvalue weighted by Crippen LogP contribution is -2.00. The molecular formula is C17H17N3O2S. The Morgan fingerprint density at radius 3 is 3.00 bits per heavy atom. The van der Waals surface area contributed by atoms with Gasteiger partial charge in [0, 0.05) is 23.6 Å². The van der Waals surface area contributed by atoms with Crippen molar-refractivity contribution in [1.29, 1.82) is 0 Å². The number of fused-ring (bicyclic) bond motifs is 1. The number of hydrogen-bond donors (Lipinski definition) is 0. The number of carbonyl (C=O) groups is 1. The molecule has 0 radical (unpaired) electrons. The van der Waals surface area contributed by atoms with Crippen LogP contribution in [0.25, 0.3) is 16.2 Å². The minimum atomic E-state index is -0.310. The highest BCUT2D eigenvalue weighted by molar-refractivity contribution is 7.15. The Balaban J connectivity index is 1.87. The van der Waals surface area contributed by atoms with Gasteiger partial charge in [-0.25, -0.2) is 9.78 Å². The number of nitrogens with zero attached hydrogens (tertiary/aromatic N) is 3. The predicted molar refractivity (Wildman–Crippen MR) is 91.7 cm³/mol. The van der Waals surface area contributed by atoms with Crippen LogP contribution in [-0.2, 0) is 9.63 Å². The first-order valence-corrected chi connectivity index (χ1v) is 8.41. The van der Waals surface area contributed by atoms with E-state index in [-0.39, 0.29) is 5.97 Å². The van der Waals surface area contributed by atoms with Gasteiger partial charge >= 0.3 is 5.97 Å². The zero-order chi connectivity index (χ0) is 16.1. The second-order valence-electron chi connectivity index (χ2n) is 5.07. The standard InChI is InChI=1S/C17H17N3O2S/c1-2-3-9-15(21)22-18-12-14-16(13-7-5-4-6-8-13)19-17-20(14)10-11-23-17/h4-8,10-12H,2-3,9H2,1H3/b18-12-. The smallest absolute Gasteiger partial charge is 0.318 e. The zero-order valence-corrected chi connectivity index (χ0v) is 13.6. The fourth-order valence-electron chi connectivity index (χ4n) is 2.24. The number of thiazole rings is 1. The van der Waals surface area contributed by atoms with Crippen molar-refractivity contribution in [2.75, 3.05) is 0 Å². The predicted octanol–water partition coefficient (Wildman–Crippen LogP) is 4.13.